The molecule has 0 amide bonds. The summed E-state index contributed by atoms with van der Waals surface area (Å²) in [5.74, 6) is 3.12. The van der Waals surface area contributed by atoms with Crippen LogP contribution in [-0.2, 0) is 6.42 Å². The fourth-order valence-electron chi connectivity index (χ4n) is 4.44. The van der Waals surface area contributed by atoms with Crippen molar-refractivity contribution in [1.29, 1.82) is 0 Å². The Balaban J connectivity index is 1.70. The van der Waals surface area contributed by atoms with E-state index < -0.39 is 0 Å². The maximum Gasteiger partial charge on any atom is 0.0420 e. The quantitative estimate of drug-likeness (QED) is 0.788. The second-order valence-corrected chi connectivity index (χ2v) is 7.39. The zero-order valence-corrected chi connectivity index (χ0v) is 13.1. The molecule has 2 saturated carbocycles. The molecule has 2 bridgehead atoms. The minimum atomic E-state index is 0.615. The van der Waals surface area contributed by atoms with Crippen LogP contribution < -0.4 is 5.32 Å². The van der Waals surface area contributed by atoms with Crippen LogP contribution in [0, 0.1) is 17.8 Å². The van der Waals surface area contributed by atoms with Gasteiger partial charge in [0.2, 0.25) is 0 Å². The fraction of sp³-hybridized carbons (Fsp3) is 0.765. The van der Waals surface area contributed by atoms with Crippen molar-refractivity contribution >= 4 is 11.3 Å². The van der Waals surface area contributed by atoms with Crippen LogP contribution in [0.25, 0.3) is 0 Å². The van der Waals surface area contributed by atoms with Crippen LogP contribution in [0.2, 0.25) is 0 Å². The van der Waals surface area contributed by atoms with Crippen molar-refractivity contribution in [2.75, 3.05) is 6.54 Å². The number of nitrogens with one attached hydrogen (secondary N) is 1. The number of aryl methyl sites for hydroxylation is 1. The summed E-state index contributed by atoms with van der Waals surface area (Å²) in [6.45, 7) is 5.62. The van der Waals surface area contributed by atoms with E-state index in [4.69, 9.17) is 0 Å². The Labute approximate surface area is 121 Å². The number of hydrogen-bond acceptors (Lipinski definition) is 2. The van der Waals surface area contributed by atoms with E-state index in [0.717, 1.165) is 24.3 Å². The van der Waals surface area contributed by atoms with Gasteiger partial charge in [0.05, 0.1) is 0 Å². The van der Waals surface area contributed by atoms with E-state index in [9.17, 15) is 0 Å². The molecule has 2 aliphatic rings. The molecule has 0 saturated heterocycles. The molecule has 1 N–H and O–H groups in total. The predicted molar refractivity (Wildman–Crippen MR) is 83.7 cm³/mol. The minimum absolute atomic E-state index is 0.615. The van der Waals surface area contributed by atoms with Crippen molar-refractivity contribution in [3.63, 3.8) is 0 Å². The summed E-state index contributed by atoms with van der Waals surface area (Å²) in [5.41, 5.74) is 1.57. The van der Waals surface area contributed by atoms with Gasteiger partial charge < -0.3 is 5.32 Å². The number of fused-ring (bicyclic) bond motifs is 2. The third-order valence-corrected chi connectivity index (χ3v) is 6.42. The first-order chi connectivity index (χ1) is 9.31. The van der Waals surface area contributed by atoms with Gasteiger partial charge >= 0.3 is 0 Å². The Hall–Kier alpha value is -0.340. The van der Waals surface area contributed by atoms with Crippen LogP contribution >= 0.6 is 11.3 Å². The first kappa shape index (κ1) is 13.6. The van der Waals surface area contributed by atoms with Crippen LogP contribution in [0.1, 0.15) is 62.4 Å². The topological polar surface area (TPSA) is 12.0 Å². The predicted octanol–water partition coefficient (Wildman–Crippen LogP) is 4.79. The van der Waals surface area contributed by atoms with E-state index in [1.807, 2.05) is 11.3 Å². The lowest BCUT2D eigenvalue weighted by atomic mass is 9.83. The molecule has 4 unspecified atom stereocenters. The molecule has 1 nitrogen and oxygen atoms in total. The van der Waals surface area contributed by atoms with Gasteiger partial charge in [-0.25, -0.2) is 0 Å². The maximum atomic E-state index is 3.76. The van der Waals surface area contributed by atoms with Crippen LogP contribution in [-0.4, -0.2) is 6.54 Å². The lowest BCUT2D eigenvalue weighted by Crippen LogP contribution is -2.25. The van der Waals surface area contributed by atoms with Gasteiger partial charge in [-0.1, -0.05) is 20.3 Å². The zero-order valence-electron chi connectivity index (χ0n) is 12.3. The summed E-state index contributed by atoms with van der Waals surface area (Å²) in [6.07, 6.45) is 8.64. The second kappa shape index (κ2) is 5.97. The minimum Gasteiger partial charge on any atom is -0.310 e. The summed E-state index contributed by atoms with van der Waals surface area (Å²) >= 11 is 1.96. The monoisotopic (exact) mass is 277 g/mol. The van der Waals surface area contributed by atoms with Crippen molar-refractivity contribution < 1.29 is 0 Å². The van der Waals surface area contributed by atoms with Crippen LogP contribution in [0.4, 0.5) is 0 Å². The van der Waals surface area contributed by atoms with E-state index in [1.54, 1.807) is 10.4 Å². The van der Waals surface area contributed by atoms with Gasteiger partial charge in [-0.3, -0.25) is 0 Å². The average Bonchev–Trinajstić information content (AvgIpc) is 3.13. The maximum absolute atomic E-state index is 3.76. The molecule has 1 aromatic heterocycles. The molecule has 19 heavy (non-hydrogen) atoms. The normalized spacial score (nSPS) is 30.9. The van der Waals surface area contributed by atoms with Crippen LogP contribution in [0.15, 0.2) is 11.4 Å². The van der Waals surface area contributed by atoms with Crippen LogP contribution in [0.3, 0.4) is 0 Å². The SMILES string of the molecule is CCNC(CC1CC2CCC1C2)c1sccc1CC. The molecular weight excluding hydrogens is 250 g/mol. The molecular formula is C17H27NS. The summed E-state index contributed by atoms with van der Waals surface area (Å²) in [7, 11) is 0. The Bertz CT molecular complexity index is 411. The van der Waals surface area contributed by atoms with Crippen molar-refractivity contribution in [3.8, 4) is 0 Å². The molecule has 0 aliphatic heterocycles. The lowest BCUT2D eigenvalue weighted by molar-refractivity contribution is 0.281. The highest BCUT2D eigenvalue weighted by molar-refractivity contribution is 7.10. The molecule has 2 aliphatic carbocycles. The van der Waals surface area contributed by atoms with Gasteiger partial charge in [-0.05, 0) is 73.4 Å². The van der Waals surface area contributed by atoms with E-state index >= 15 is 0 Å². The summed E-state index contributed by atoms with van der Waals surface area (Å²) < 4.78 is 0. The molecule has 0 radical (unpaired) electrons. The smallest absolute Gasteiger partial charge is 0.0420 e. The van der Waals surface area contributed by atoms with Gasteiger partial charge in [-0.15, -0.1) is 11.3 Å². The van der Waals surface area contributed by atoms with Gasteiger partial charge in [0.1, 0.15) is 0 Å². The van der Waals surface area contributed by atoms with E-state index in [1.165, 1.54) is 38.5 Å². The first-order valence-corrected chi connectivity index (χ1v) is 8.99. The summed E-state index contributed by atoms with van der Waals surface area (Å²) in [5, 5.41) is 6.03. The largest absolute Gasteiger partial charge is 0.310 e. The van der Waals surface area contributed by atoms with Gasteiger partial charge in [0.15, 0.2) is 0 Å². The Morgan fingerprint density at radius 1 is 1.32 bits per heavy atom. The van der Waals surface area contributed by atoms with E-state index in [-0.39, 0.29) is 0 Å². The molecule has 4 atom stereocenters. The van der Waals surface area contributed by atoms with Crippen molar-refractivity contribution in [2.45, 2.75) is 58.4 Å². The van der Waals surface area contributed by atoms with Crippen LogP contribution in [0.5, 0.6) is 0 Å². The standard InChI is InChI=1S/C17H27NS/c1-3-13-7-8-19-17(13)16(18-4-2)11-15-10-12-5-6-14(15)9-12/h7-8,12,14-16,18H,3-6,9-11H2,1-2H3. The average molecular weight is 277 g/mol. The third-order valence-electron chi connectivity index (χ3n) is 5.35. The van der Waals surface area contributed by atoms with Crippen molar-refractivity contribution in [1.82, 2.24) is 5.32 Å². The highest BCUT2D eigenvalue weighted by atomic mass is 32.1. The fourth-order valence-corrected chi connectivity index (χ4v) is 5.53. The lowest BCUT2D eigenvalue weighted by Gasteiger charge is -2.27. The molecule has 106 valence electrons. The Morgan fingerprint density at radius 2 is 2.21 bits per heavy atom. The number of thiophene rings is 1. The molecule has 2 fully saturated rings. The zero-order chi connectivity index (χ0) is 13.2. The van der Waals surface area contributed by atoms with Crippen molar-refractivity contribution in [3.05, 3.63) is 21.9 Å². The van der Waals surface area contributed by atoms with Crippen molar-refractivity contribution in [2.24, 2.45) is 17.8 Å². The van der Waals surface area contributed by atoms with E-state index in [0.29, 0.717) is 6.04 Å². The highest BCUT2D eigenvalue weighted by Gasteiger charge is 2.40. The first-order valence-electron chi connectivity index (χ1n) is 8.11. The van der Waals surface area contributed by atoms with Gasteiger partial charge in [0.25, 0.3) is 0 Å². The second-order valence-electron chi connectivity index (χ2n) is 6.44. The number of rotatable bonds is 6. The Kier molecular flexibility index (Phi) is 4.28. The Morgan fingerprint density at radius 3 is 2.84 bits per heavy atom. The van der Waals surface area contributed by atoms with E-state index in [2.05, 4.69) is 30.6 Å². The number of hydrogen-bond donors (Lipinski definition) is 1. The highest BCUT2D eigenvalue weighted by Crippen LogP contribution is 2.51. The molecule has 0 aromatic carbocycles. The molecule has 0 spiro atoms. The van der Waals surface area contributed by atoms with Gasteiger partial charge in [-0.2, -0.15) is 0 Å². The molecule has 1 aromatic rings. The summed E-state index contributed by atoms with van der Waals surface area (Å²) in [4.78, 5) is 1.62. The van der Waals surface area contributed by atoms with Gasteiger partial charge in [0, 0.05) is 10.9 Å². The molecule has 3 rings (SSSR count). The summed E-state index contributed by atoms with van der Waals surface area (Å²) in [6, 6.07) is 2.94. The third kappa shape index (κ3) is 2.75. The molecule has 2 heteroatoms. The molecule has 1 heterocycles.